The van der Waals surface area contributed by atoms with Gasteiger partial charge in [-0.15, -0.1) is 0 Å². The van der Waals surface area contributed by atoms with Crippen LogP contribution in [0.5, 0.6) is 11.5 Å². The number of para-hydroxylation sites is 1. The van der Waals surface area contributed by atoms with Crippen LogP contribution < -0.4 is 9.47 Å². The summed E-state index contributed by atoms with van der Waals surface area (Å²) in [5.74, 6) is 1.48. The summed E-state index contributed by atoms with van der Waals surface area (Å²) in [7, 11) is 3.25. The lowest BCUT2D eigenvalue weighted by molar-refractivity contribution is -0.134. The number of rotatable bonds is 5. The Morgan fingerprint density at radius 2 is 1.72 bits per heavy atom. The first-order chi connectivity index (χ1) is 12.2. The largest absolute Gasteiger partial charge is 0.493 e. The van der Waals surface area contributed by atoms with Crippen molar-refractivity contribution in [2.45, 2.75) is 6.42 Å². The van der Waals surface area contributed by atoms with Crippen LogP contribution in [0.1, 0.15) is 5.56 Å². The predicted molar refractivity (Wildman–Crippen MR) is 96.1 cm³/mol. The second-order valence-corrected chi connectivity index (χ2v) is 5.87. The van der Waals surface area contributed by atoms with Gasteiger partial charge in [-0.25, -0.2) is 0 Å². The Bertz CT molecular complexity index is 738. The summed E-state index contributed by atoms with van der Waals surface area (Å²) in [6.45, 7) is 2.53. The number of carbonyl (C=O) groups is 1. The molecule has 0 N–H and O–H groups in total. The number of nitrogens with zero attached hydrogens (tertiary/aromatic N) is 1. The Morgan fingerprint density at radius 1 is 1.00 bits per heavy atom. The van der Waals surface area contributed by atoms with Crippen molar-refractivity contribution in [3.05, 3.63) is 48.0 Å². The van der Waals surface area contributed by atoms with Crippen LogP contribution in [0, 0.1) is 0 Å². The molecule has 1 fully saturated rings. The number of carbonyl (C=O) groups excluding carboxylic acids is 1. The fourth-order valence-corrected chi connectivity index (χ4v) is 3.12. The topological polar surface area (TPSA) is 48.0 Å². The van der Waals surface area contributed by atoms with E-state index in [-0.39, 0.29) is 5.91 Å². The maximum atomic E-state index is 12.6. The summed E-state index contributed by atoms with van der Waals surface area (Å²) in [4.78, 5) is 14.5. The predicted octanol–water partition coefficient (Wildman–Crippen LogP) is 2.77. The standard InChI is InChI=1S/C20H23NO4/c1-23-18-9-5-8-17(20(18)24-2)16-7-4-3-6-15(16)14-19(22)21-10-12-25-13-11-21/h3-9H,10-14H2,1-2H3. The van der Waals surface area contributed by atoms with Crippen LogP contribution in [0.3, 0.4) is 0 Å². The van der Waals surface area contributed by atoms with Gasteiger partial charge in [0.1, 0.15) is 0 Å². The zero-order valence-corrected chi connectivity index (χ0v) is 14.7. The van der Waals surface area contributed by atoms with E-state index in [1.807, 2.05) is 47.4 Å². The Morgan fingerprint density at radius 3 is 2.44 bits per heavy atom. The molecule has 0 aromatic heterocycles. The molecule has 1 heterocycles. The van der Waals surface area contributed by atoms with Gasteiger partial charge in [0, 0.05) is 18.7 Å². The molecule has 0 aliphatic carbocycles. The minimum Gasteiger partial charge on any atom is -0.493 e. The van der Waals surface area contributed by atoms with Crippen LogP contribution in [-0.2, 0) is 16.0 Å². The van der Waals surface area contributed by atoms with E-state index in [9.17, 15) is 4.79 Å². The van der Waals surface area contributed by atoms with Gasteiger partial charge in [-0.05, 0) is 17.2 Å². The molecule has 1 amide bonds. The van der Waals surface area contributed by atoms with E-state index in [2.05, 4.69) is 0 Å². The molecular formula is C20H23NO4. The average molecular weight is 341 g/mol. The first-order valence-corrected chi connectivity index (χ1v) is 8.39. The van der Waals surface area contributed by atoms with Crippen LogP contribution >= 0.6 is 0 Å². The second kappa shape index (κ2) is 8.03. The number of amides is 1. The summed E-state index contributed by atoms with van der Waals surface area (Å²) < 4.78 is 16.3. The fourth-order valence-electron chi connectivity index (χ4n) is 3.12. The third kappa shape index (κ3) is 3.77. The van der Waals surface area contributed by atoms with Gasteiger partial charge in [0.25, 0.3) is 0 Å². The molecule has 1 saturated heterocycles. The van der Waals surface area contributed by atoms with Gasteiger partial charge >= 0.3 is 0 Å². The monoisotopic (exact) mass is 341 g/mol. The molecular weight excluding hydrogens is 318 g/mol. The minimum absolute atomic E-state index is 0.123. The van der Waals surface area contributed by atoms with Crippen LogP contribution in [-0.4, -0.2) is 51.3 Å². The van der Waals surface area contributed by atoms with Gasteiger partial charge in [-0.3, -0.25) is 4.79 Å². The fraction of sp³-hybridized carbons (Fsp3) is 0.350. The summed E-state index contributed by atoms with van der Waals surface area (Å²) >= 11 is 0. The zero-order chi connectivity index (χ0) is 17.6. The maximum Gasteiger partial charge on any atom is 0.227 e. The molecule has 0 spiro atoms. The molecule has 5 nitrogen and oxygen atoms in total. The van der Waals surface area contributed by atoms with Gasteiger partial charge in [0.2, 0.25) is 5.91 Å². The minimum atomic E-state index is 0.123. The highest BCUT2D eigenvalue weighted by Crippen LogP contribution is 2.39. The number of morpholine rings is 1. The number of hydrogen-bond acceptors (Lipinski definition) is 4. The van der Waals surface area contributed by atoms with Gasteiger partial charge in [0.15, 0.2) is 11.5 Å². The molecule has 0 radical (unpaired) electrons. The smallest absolute Gasteiger partial charge is 0.227 e. The lowest BCUT2D eigenvalue weighted by Crippen LogP contribution is -2.41. The molecule has 132 valence electrons. The van der Waals surface area contributed by atoms with E-state index in [0.29, 0.717) is 44.2 Å². The van der Waals surface area contributed by atoms with Gasteiger partial charge in [-0.1, -0.05) is 36.4 Å². The van der Waals surface area contributed by atoms with Crippen molar-refractivity contribution < 1.29 is 19.0 Å². The van der Waals surface area contributed by atoms with Crippen LogP contribution in [0.15, 0.2) is 42.5 Å². The van der Waals surface area contributed by atoms with Gasteiger partial charge in [-0.2, -0.15) is 0 Å². The molecule has 2 aromatic rings. The highest BCUT2D eigenvalue weighted by Gasteiger charge is 2.20. The molecule has 1 aliphatic heterocycles. The second-order valence-electron chi connectivity index (χ2n) is 5.87. The molecule has 0 atom stereocenters. The van der Waals surface area contributed by atoms with Gasteiger partial charge < -0.3 is 19.1 Å². The molecule has 0 unspecified atom stereocenters. The summed E-state index contributed by atoms with van der Waals surface area (Å²) in [5, 5.41) is 0. The van der Waals surface area contributed by atoms with Crippen LogP contribution in [0.2, 0.25) is 0 Å². The molecule has 25 heavy (non-hydrogen) atoms. The average Bonchev–Trinajstić information content (AvgIpc) is 2.68. The van der Waals surface area contributed by atoms with Crippen molar-refractivity contribution in [3.63, 3.8) is 0 Å². The van der Waals surface area contributed by atoms with E-state index in [4.69, 9.17) is 14.2 Å². The summed E-state index contributed by atoms with van der Waals surface area (Å²) in [5.41, 5.74) is 2.89. The normalized spacial score (nSPS) is 14.2. The number of ether oxygens (including phenoxy) is 3. The van der Waals surface area contributed by atoms with Crippen molar-refractivity contribution in [3.8, 4) is 22.6 Å². The molecule has 3 rings (SSSR count). The SMILES string of the molecule is COc1cccc(-c2ccccc2CC(=O)N2CCOCC2)c1OC. The quantitative estimate of drug-likeness (QED) is 0.839. The van der Waals surface area contributed by atoms with E-state index in [1.54, 1.807) is 14.2 Å². The third-order valence-electron chi connectivity index (χ3n) is 4.42. The van der Waals surface area contributed by atoms with Crippen molar-refractivity contribution in [2.75, 3.05) is 40.5 Å². The first kappa shape index (κ1) is 17.3. The van der Waals surface area contributed by atoms with E-state index in [0.717, 1.165) is 16.7 Å². The van der Waals surface area contributed by atoms with Crippen LogP contribution in [0.25, 0.3) is 11.1 Å². The Labute approximate surface area is 148 Å². The number of methoxy groups -OCH3 is 2. The molecule has 0 bridgehead atoms. The maximum absolute atomic E-state index is 12.6. The Hall–Kier alpha value is -2.53. The van der Waals surface area contributed by atoms with Crippen molar-refractivity contribution >= 4 is 5.91 Å². The first-order valence-electron chi connectivity index (χ1n) is 8.39. The van der Waals surface area contributed by atoms with Crippen molar-refractivity contribution in [1.29, 1.82) is 0 Å². The molecule has 0 saturated carbocycles. The van der Waals surface area contributed by atoms with Crippen LogP contribution in [0.4, 0.5) is 0 Å². The number of benzene rings is 2. The van der Waals surface area contributed by atoms with E-state index < -0.39 is 0 Å². The Kier molecular flexibility index (Phi) is 5.56. The van der Waals surface area contributed by atoms with Crippen molar-refractivity contribution in [1.82, 2.24) is 4.90 Å². The molecule has 1 aliphatic rings. The lowest BCUT2D eigenvalue weighted by atomic mass is 9.96. The number of hydrogen-bond donors (Lipinski definition) is 0. The lowest BCUT2D eigenvalue weighted by Gasteiger charge is -2.27. The Balaban J connectivity index is 1.93. The molecule has 2 aromatic carbocycles. The third-order valence-corrected chi connectivity index (χ3v) is 4.42. The van der Waals surface area contributed by atoms with E-state index >= 15 is 0 Å². The highest BCUT2D eigenvalue weighted by molar-refractivity contribution is 5.84. The summed E-state index contributed by atoms with van der Waals surface area (Å²) in [6, 6.07) is 13.7. The van der Waals surface area contributed by atoms with Crippen molar-refractivity contribution in [2.24, 2.45) is 0 Å². The zero-order valence-electron chi connectivity index (χ0n) is 14.7. The summed E-state index contributed by atoms with van der Waals surface area (Å²) in [6.07, 6.45) is 0.358. The van der Waals surface area contributed by atoms with Gasteiger partial charge in [0.05, 0.1) is 33.9 Å². The highest BCUT2D eigenvalue weighted by atomic mass is 16.5. The molecule has 5 heteroatoms. The van der Waals surface area contributed by atoms with E-state index in [1.165, 1.54) is 0 Å².